The summed E-state index contributed by atoms with van der Waals surface area (Å²) in [4.78, 5) is 17.3. The number of anilines is 1. The first-order valence-corrected chi connectivity index (χ1v) is 10.3. The Morgan fingerprint density at radius 3 is 2.38 bits per heavy atom. The van der Waals surface area contributed by atoms with Gasteiger partial charge in [0.05, 0.1) is 23.0 Å². The minimum Gasteiger partial charge on any atom is -0.368 e. The molecule has 150 valence electrons. The van der Waals surface area contributed by atoms with Crippen molar-refractivity contribution in [1.29, 1.82) is 0 Å². The van der Waals surface area contributed by atoms with Gasteiger partial charge < -0.3 is 9.80 Å². The van der Waals surface area contributed by atoms with Gasteiger partial charge in [0.15, 0.2) is 0 Å². The van der Waals surface area contributed by atoms with Gasteiger partial charge in [-0.05, 0) is 43.7 Å². The molecule has 1 aliphatic rings. The van der Waals surface area contributed by atoms with Crippen LogP contribution in [0.15, 0.2) is 54.6 Å². The normalized spacial score (nSPS) is 14.3. The topological polar surface area (TPSA) is 41.4 Å². The van der Waals surface area contributed by atoms with Crippen molar-refractivity contribution in [3.8, 4) is 0 Å². The molecule has 2 aromatic carbocycles. The zero-order valence-electron chi connectivity index (χ0n) is 16.8. The van der Waals surface area contributed by atoms with Crippen molar-refractivity contribution in [2.45, 2.75) is 20.4 Å². The van der Waals surface area contributed by atoms with Gasteiger partial charge in [-0.2, -0.15) is 5.10 Å². The van der Waals surface area contributed by atoms with Gasteiger partial charge in [0.25, 0.3) is 5.91 Å². The number of carbonyl (C=O) groups is 1. The largest absolute Gasteiger partial charge is 0.368 e. The Kier molecular flexibility index (Phi) is 5.58. The molecule has 1 aliphatic heterocycles. The van der Waals surface area contributed by atoms with Gasteiger partial charge in [-0.3, -0.25) is 9.48 Å². The maximum Gasteiger partial charge on any atom is 0.253 e. The Morgan fingerprint density at radius 1 is 1.00 bits per heavy atom. The van der Waals surface area contributed by atoms with Gasteiger partial charge >= 0.3 is 0 Å². The van der Waals surface area contributed by atoms with Crippen molar-refractivity contribution in [2.24, 2.45) is 0 Å². The molecule has 1 aromatic heterocycles. The number of aryl methyl sites for hydroxylation is 1. The van der Waals surface area contributed by atoms with Gasteiger partial charge in [0, 0.05) is 37.4 Å². The molecular formula is C23H25ClN4O. The molecule has 5 nitrogen and oxygen atoms in total. The van der Waals surface area contributed by atoms with Crippen LogP contribution in [0.25, 0.3) is 0 Å². The third kappa shape index (κ3) is 4.15. The molecule has 0 aliphatic carbocycles. The Bertz CT molecular complexity index is 1010. The van der Waals surface area contributed by atoms with Crippen molar-refractivity contribution in [2.75, 3.05) is 31.1 Å². The van der Waals surface area contributed by atoms with E-state index >= 15 is 0 Å². The van der Waals surface area contributed by atoms with Crippen LogP contribution in [0, 0.1) is 13.8 Å². The van der Waals surface area contributed by atoms with Crippen LogP contribution in [0.2, 0.25) is 5.02 Å². The highest BCUT2D eigenvalue weighted by Crippen LogP contribution is 2.21. The minimum absolute atomic E-state index is 0.0889. The number of amides is 1. The van der Waals surface area contributed by atoms with E-state index in [-0.39, 0.29) is 5.91 Å². The van der Waals surface area contributed by atoms with Crippen LogP contribution >= 0.6 is 11.6 Å². The molecule has 2 heterocycles. The van der Waals surface area contributed by atoms with Gasteiger partial charge in [0.1, 0.15) is 0 Å². The molecule has 6 heteroatoms. The van der Waals surface area contributed by atoms with Crippen LogP contribution in [0.3, 0.4) is 0 Å². The lowest BCUT2D eigenvalue weighted by atomic mass is 10.1. The highest BCUT2D eigenvalue weighted by atomic mass is 35.5. The van der Waals surface area contributed by atoms with Crippen LogP contribution in [-0.4, -0.2) is 46.8 Å². The molecule has 1 saturated heterocycles. The number of hydrogen-bond donors (Lipinski definition) is 0. The average Bonchev–Trinajstić information content (AvgIpc) is 3.00. The first-order valence-electron chi connectivity index (χ1n) is 9.90. The molecule has 0 N–H and O–H groups in total. The van der Waals surface area contributed by atoms with Crippen molar-refractivity contribution < 1.29 is 4.79 Å². The lowest BCUT2D eigenvalue weighted by molar-refractivity contribution is 0.0746. The summed E-state index contributed by atoms with van der Waals surface area (Å²) in [6, 6.07) is 18.2. The molecule has 0 atom stereocenters. The number of nitrogens with zero attached hydrogens (tertiary/aromatic N) is 4. The molecule has 1 amide bonds. The van der Waals surface area contributed by atoms with Crippen LogP contribution < -0.4 is 4.90 Å². The summed E-state index contributed by atoms with van der Waals surface area (Å²) in [6.07, 6.45) is 0. The number of para-hydroxylation sites is 1. The van der Waals surface area contributed by atoms with Crippen LogP contribution in [0.5, 0.6) is 0 Å². The van der Waals surface area contributed by atoms with Gasteiger partial charge in [0.2, 0.25) is 0 Å². The number of benzene rings is 2. The van der Waals surface area contributed by atoms with Gasteiger partial charge in [-0.1, -0.05) is 41.9 Å². The van der Waals surface area contributed by atoms with E-state index in [0.29, 0.717) is 11.6 Å². The predicted molar refractivity (Wildman–Crippen MR) is 117 cm³/mol. The quantitative estimate of drug-likeness (QED) is 0.650. The second-order valence-corrected chi connectivity index (χ2v) is 7.84. The molecule has 0 spiro atoms. The Labute approximate surface area is 176 Å². The zero-order valence-corrected chi connectivity index (χ0v) is 17.6. The number of aromatic nitrogens is 2. The number of hydrogen-bond acceptors (Lipinski definition) is 3. The van der Waals surface area contributed by atoms with Crippen LogP contribution in [-0.2, 0) is 6.54 Å². The van der Waals surface area contributed by atoms with E-state index in [1.807, 2.05) is 65.9 Å². The summed E-state index contributed by atoms with van der Waals surface area (Å²) < 4.78 is 1.89. The molecular weight excluding hydrogens is 384 g/mol. The standard InChI is InChI=1S/C23H25ClN4O/c1-17-22(24)18(2)28(25-17)16-19-7-6-8-20(15-19)23(29)27-13-11-26(12-14-27)21-9-4-3-5-10-21/h3-10,15H,11-14,16H2,1-2H3. The Hall–Kier alpha value is -2.79. The molecule has 0 bridgehead atoms. The summed E-state index contributed by atoms with van der Waals surface area (Å²) in [5.74, 6) is 0.0889. The van der Waals surface area contributed by atoms with Crippen LogP contribution in [0.1, 0.15) is 27.3 Å². The SMILES string of the molecule is Cc1nn(Cc2cccc(C(=O)N3CCN(c4ccccc4)CC3)c2)c(C)c1Cl. The average molecular weight is 409 g/mol. The molecule has 0 unspecified atom stereocenters. The summed E-state index contributed by atoms with van der Waals surface area (Å²) >= 11 is 6.26. The van der Waals surface area contributed by atoms with Crippen molar-refractivity contribution in [3.63, 3.8) is 0 Å². The molecule has 1 fully saturated rings. The minimum atomic E-state index is 0.0889. The fourth-order valence-electron chi connectivity index (χ4n) is 3.79. The van der Waals surface area contributed by atoms with E-state index in [9.17, 15) is 4.79 Å². The predicted octanol–water partition coefficient (Wildman–Crippen LogP) is 4.16. The molecule has 29 heavy (non-hydrogen) atoms. The zero-order chi connectivity index (χ0) is 20.4. The van der Waals surface area contributed by atoms with Gasteiger partial charge in [-0.25, -0.2) is 0 Å². The van der Waals surface area contributed by atoms with Crippen molar-refractivity contribution in [3.05, 3.63) is 82.1 Å². The third-order valence-electron chi connectivity index (χ3n) is 5.49. The highest BCUT2D eigenvalue weighted by molar-refractivity contribution is 6.31. The lowest BCUT2D eigenvalue weighted by Gasteiger charge is -2.36. The maximum atomic E-state index is 13.0. The summed E-state index contributed by atoms with van der Waals surface area (Å²) in [6.45, 7) is 7.61. The van der Waals surface area contributed by atoms with E-state index in [0.717, 1.165) is 48.7 Å². The number of carbonyl (C=O) groups excluding carboxylic acids is 1. The van der Waals surface area contributed by atoms with E-state index in [1.165, 1.54) is 5.69 Å². The number of halogens is 1. The first kappa shape index (κ1) is 19.5. The summed E-state index contributed by atoms with van der Waals surface area (Å²) in [5, 5.41) is 5.19. The number of piperazine rings is 1. The Morgan fingerprint density at radius 2 is 1.72 bits per heavy atom. The highest BCUT2D eigenvalue weighted by Gasteiger charge is 2.22. The van der Waals surface area contributed by atoms with Gasteiger partial charge in [-0.15, -0.1) is 0 Å². The molecule has 4 rings (SSSR count). The third-order valence-corrected chi connectivity index (χ3v) is 6.03. The summed E-state index contributed by atoms with van der Waals surface area (Å²) in [5.41, 5.74) is 4.75. The molecule has 0 saturated carbocycles. The first-order chi connectivity index (χ1) is 14.0. The summed E-state index contributed by atoms with van der Waals surface area (Å²) in [7, 11) is 0. The second-order valence-electron chi connectivity index (χ2n) is 7.46. The monoisotopic (exact) mass is 408 g/mol. The fourth-order valence-corrected chi connectivity index (χ4v) is 3.93. The van der Waals surface area contributed by atoms with Crippen LogP contribution in [0.4, 0.5) is 5.69 Å². The van der Waals surface area contributed by atoms with E-state index < -0.39 is 0 Å². The number of rotatable bonds is 4. The molecule has 3 aromatic rings. The van der Waals surface area contributed by atoms with E-state index in [4.69, 9.17) is 11.6 Å². The Balaban J connectivity index is 1.43. The lowest BCUT2D eigenvalue weighted by Crippen LogP contribution is -2.48. The van der Waals surface area contributed by atoms with Crippen molar-refractivity contribution in [1.82, 2.24) is 14.7 Å². The van der Waals surface area contributed by atoms with E-state index in [2.05, 4.69) is 22.1 Å². The van der Waals surface area contributed by atoms with E-state index in [1.54, 1.807) is 0 Å². The molecule has 0 radical (unpaired) electrons. The van der Waals surface area contributed by atoms with Crippen molar-refractivity contribution >= 4 is 23.2 Å². The fraction of sp³-hybridized carbons (Fsp3) is 0.304. The smallest absolute Gasteiger partial charge is 0.253 e. The maximum absolute atomic E-state index is 13.0. The second kappa shape index (κ2) is 8.29.